The molecule has 1 saturated carbocycles. The molecule has 1 fully saturated rings. The summed E-state index contributed by atoms with van der Waals surface area (Å²) in [6.45, 7) is 5.84. The number of amides is 1. The standard InChI is InChI=1S/C25H29NO5S/c1-4-31-23(27)14-10-20-8-11-21(12-9-20)26-24(28)25(15-5-6-16-25)32(29,30)22-13-7-18(2)19(3)17-22/h7-14,17H,4-6,15-16H2,1-3H3,(H,26,28). The van der Waals surface area contributed by atoms with E-state index in [2.05, 4.69) is 5.32 Å². The van der Waals surface area contributed by atoms with Gasteiger partial charge in [-0.25, -0.2) is 13.2 Å². The Kier molecular flexibility index (Phi) is 7.19. The summed E-state index contributed by atoms with van der Waals surface area (Å²) in [7, 11) is -3.87. The van der Waals surface area contributed by atoms with Gasteiger partial charge in [0.25, 0.3) is 0 Å². The van der Waals surface area contributed by atoms with E-state index in [1.165, 1.54) is 6.08 Å². The largest absolute Gasteiger partial charge is 0.463 e. The van der Waals surface area contributed by atoms with Gasteiger partial charge in [-0.05, 0) is 80.6 Å². The molecule has 0 radical (unpaired) electrons. The number of hydrogen-bond acceptors (Lipinski definition) is 5. The number of ether oxygens (including phenoxy) is 1. The molecule has 1 aliphatic rings. The van der Waals surface area contributed by atoms with E-state index in [4.69, 9.17) is 4.74 Å². The molecule has 2 aromatic rings. The summed E-state index contributed by atoms with van der Waals surface area (Å²) >= 11 is 0. The van der Waals surface area contributed by atoms with Gasteiger partial charge in [0.2, 0.25) is 5.91 Å². The third-order valence-electron chi connectivity index (χ3n) is 6.00. The second-order valence-electron chi connectivity index (χ2n) is 8.11. The molecule has 0 unspecified atom stereocenters. The van der Waals surface area contributed by atoms with Gasteiger partial charge in [0.1, 0.15) is 0 Å². The van der Waals surface area contributed by atoms with Crippen molar-refractivity contribution in [3.8, 4) is 0 Å². The lowest BCUT2D eigenvalue weighted by Gasteiger charge is -2.28. The van der Waals surface area contributed by atoms with Gasteiger partial charge in [-0.15, -0.1) is 0 Å². The zero-order valence-corrected chi connectivity index (χ0v) is 19.5. The summed E-state index contributed by atoms with van der Waals surface area (Å²) in [6.07, 6.45) is 4.93. The molecule has 0 aromatic heterocycles. The number of nitrogens with one attached hydrogen (secondary N) is 1. The maximum Gasteiger partial charge on any atom is 0.330 e. The predicted molar refractivity (Wildman–Crippen MR) is 125 cm³/mol. The monoisotopic (exact) mass is 455 g/mol. The van der Waals surface area contributed by atoms with Gasteiger partial charge in [-0.2, -0.15) is 0 Å². The molecule has 32 heavy (non-hydrogen) atoms. The van der Waals surface area contributed by atoms with Gasteiger partial charge in [0.05, 0.1) is 11.5 Å². The topological polar surface area (TPSA) is 89.5 Å². The van der Waals surface area contributed by atoms with Crippen LogP contribution in [0.2, 0.25) is 0 Å². The molecule has 0 bridgehead atoms. The van der Waals surface area contributed by atoms with Gasteiger partial charge in [-0.1, -0.05) is 31.0 Å². The Hall–Kier alpha value is -2.93. The molecule has 1 aliphatic carbocycles. The van der Waals surface area contributed by atoms with Crippen LogP contribution in [0.4, 0.5) is 5.69 Å². The van der Waals surface area contributed by atoms with Crippen LogP contribution in [0, 0.1) is 13.8 Å². The quantitative estimate of drug-likeness (QED) is 0.487. The molecule has 0 saturated heterocycles. The van der Waals surface area contributed by atoms with Gasteiger partial charge in [0.15, 0.2) is 14.6 Å². The van der Waals surface area contributed by atoms with Crippen LogP contribution < -0.4 is 5.32 Å². The molecule has 1 amide bonds. The lowest BCUT2D eigenvalue weighted by Crippen LogP contribution is -2.47. The number of rotatable bonds is 7. The van der Waals surface area contributed by atoms with Crippen molar-refractivity contribution in [1.82, 2.24) is 0 Å². The average Bonchev–Trinajstić information content (AvgIpc) is 3.27. The maximum atomic E-state index is 13.6. The second kappa shape index (κ2) is 9.69. The van der Waals surface area contributed by atoms with Crippen LogP contribution in [0.25, 0.3) is 6.08 Å². The first-order valence-electron chi connectivity index (χ1n) is 10.8. The van der Waals surface area contributed by atoms with Crippen molar-refractivity contribution in [2.45, 2.75) is 56.1 Å². The van der Waals surface area contributed by atoms with Crippen LogP contribution in [0.5, 0.6) is 0 Å². The first kappa shape index (κ1) is 23.7. The molecule has 2 aromatic carbocycles. The molecule has 0 heterocycles. The molecule has 7 heteroatoms. The normalized spacial score (nSPS) is 15.6. The van der Waals surface area contributed by atoms with Gasteiger partial charge < -0.3 is 10.1 Å². The van der Waals surface area contributed by atoms with E-state index >= 15 is 0 Å². The van der Waals surface area contributed by atoms with E-state index in [1.807, 2.05) is 13.8 Å². The van der Waals surface area contributed by atoms with E-state index in [9.17, 15) is 18.0 Å². The van der Waals surface area contributed by atoms with Crippen LogP contribution in [0.3, 0.4) is 0 Å². The van der Waals surface area contributed by atoms with Crippen LogP contribution in [-0.4, -0.2) is 31.6 Å². The molecular weight excluding hydrogens is 426 g/mol. The predicted octanol–water partition coefficient (Wildman–Crippen LogP) is 4.60. The van der Waals surface area contributed by atoms with Gasteiger partial charge in [-0.3, -0.25) is 4.79 Å². The summed E-state index contributed by atoms with van der Waals surface area (Å²) < 4.78 is 30.6. The molecule has 0 aliphatic heterocycles. The number of carbonyl (C=O) groups is 2. The van der Waals surface area contributed by atoms with Crippen molar-refractivity contribution in [1.29, 1.82) is 0 Å². The van der Waals surface area contributed by atoms with Crippen LogP contribution in [0.15, 0.2) is 53.4 Å². The third kappa shape index (κ3) is 4.78. The maximum absolute atomic E-state index is 13.6. The zero-order valence-electron chi connectivity index (χ0n) is 18.7. The highest BCUT2D eigenvalue weighted by Gasteiger charge is 2.53. The van der Waals surface area contributed by atoms with Crippen molar-refractivity contribution >= 4 is 33.5 Å². The molecule has 3 rings (SSSR count). The summed E-state index contributed by atoms with van der Waals surface area (Å²) in [4.78, 5) is 24.9. The Morgan fingerprint density at radius 2 is 1.69 bits per heavy atom. The summed E-state index contributed by atoms with van der Waals surface area (Å²) in [5, 5.41) is 2.81. The first-order chi connectivity index (χ1) is 15.2. The highest BCUT2D eigenvalue weighted by molar-refractivity contribution is 7.93. The van der Waals surface area contributed by atoms with Crippen LogP contribution in [0.1, 0.15) is 49.3 Å². The Balaban J connectivity index is 1.82. The summed E-state index contributed by atoms with van der Waals surface area (Å²) in [6, 6.07) is 11.9. The number of hydrogen-bond donors (Lipinski definition) is 1. The van der Waals surface area contributed by atoms with E-state index in [-0.39, 0.29) is 4.90 Å². The Labute approximate surface area is 189 Å². The Bertz CT molecular complexity index is 1130. The summed E-state index contributed by atoms with van der Waals surface area (Å²) in [5.41, 5.74) is 3.15. The number of carbonyl (C=O) groups excluding carboxylic acids is 2. The van der Waals surface area contributed by atoms with Crippen LogP contribution >= 0.6 is 0 Å². The van der Waals surface area contributed by atoms with E-state index in [0.29, 0.717) is 38.0 Å². The number of sulfone groups is 1. The zero-order chi connectivity index (χ0) is 23.4. The number of esters is 1. The van der Waals surface area contributed by atoms with E-state index in [0.717, 1.165) is 16.7 Å². The molecule has 1 N–H and O–H groups in total. The second-order valence-corrected chi connectivity index (χ2v) is 10.4. The molecule has 6 nitrogen and oxygen atoms in total. The van der Waals surface area contributed by atoms with Crippen molar-refractivity contribution in [2.75, 3.05) is 11.9 Å². The summed E-state index contributed by atoms with van der Waals surface area (Å²) in [5.74, 6) is -0.923. The first-order valence-corrected chi connectivity index (χ1v) is 12.3. The third-order valence-corrected chi connectivity index (χ3v) is 8.49. The van der Waals surface area contributed by atoms with Crippen molar-refractivity contribution < 1.29 is 22.7 Å². The Morgan fingerprint density at radius 3 is 2.28 bits per heavy atom. The number of anilines is 1. The fraction of sp³-hybridized carbons (Fsp3) is 0.360. The molecule has 0 atom stereocenters. The fourth-order valence-electron chi connectivity index (χ4n) is 3.95. The lowest BCUT2D eigenvalue weighted by molar-refractivity contribution is -0.137. The minimum Gasteiger partial charge on any atom is -0.463 e. The van der Waals surface area contributed by atoms with Gasteiger partial charge >= 0.3 is 5.97 Å². The highest BCUT2D eigenvalue weighted by Crippen LogP contribution is 2.41. The van der Waals surface area contributed by atoms with E-state index < -0.39 is 26.5 Å². The fourth-order valence-corrected chi connectivity index (χ4v) is 6.10. The highest BCUT2D eigenvalue weighted by atomic mass is 32.2. The minimum absolute atomic E-state index is 0.192. The SMILES string of the molecule is CCOC(=O)C=Cc1ccc(NC(=O)C2(S(=O)(=O)c3ccc(C)c(C)c3)CCCC2)cc1. The van der Waals surface area contributed by atoms with Crippen molar-refractivity contribution in [3.63, 3.8) is 0 Å². The molecule has 0 spiro atoms. The smallest absolute Gasteiger partial charge is 0.330 e. The van der Waals surface area contributed by atoms with Crippen molar-refractivity contribution in [3.05, 3.63) is 65.2 Å². The Morgan fingerprint density at radius 1 is 1.03 bits per heavy atom. The molecular formula is C25H29NO5S. The van der Waals surface area contributed by atoms with E-state index in [1.54, 1.807) is 55.5 Å². The number of aryl methyl sites for hydroxylation is 2. The lowest BCUT2D eigenvalue weighted by atomic mass is 10.1. The minimum atomic E-state index is -3.87. The van der Waals surface area contributed by atoms with Crippen molar-refractivity contribution in [2.24, 2.45) is 0 Å². The van der Waals surface area contributed by atoms with Gasteiger partial charge in [0, 0.05) is 11.8 Å². The molecule has 170 valence electrons. The van der Waals surface area contributed by atoms with Crippen LogP contribution in [-0.2, 0) is 24.2 Å². The number of benzene rings is 2. The average molecular weight is 456 g/mol.